The highest BCUT2D eigenvalue weighted by Crippen LogP contribution is 2.32. The van der Waals surface area contributed by atoms with Gasteiger partial charge in [0.05, 0.1) is 14.2 Å². The van der Waals surface area contributed by atoms with Crippen LogP contribution in [0.4, 0.5) is 0 Å². The van der Waals surface area contributed by atoms with Crippen LogP contribution in [0.2, 0.25) is 18.1 Å². The molecule has 148 valence electrons. The second-order valence-corrected chi connectivity index (χ2v) is 13.6. The quantitative estimate of drug-likeness (QED) is 0.275. The normalized spacial score (nSPS) is 14.6. The Bertz CT molecular complexity index is 370. The smallest absolute Gasteiger partial charge is 0.351 e. The molecule has 1 unspecified atom stereocenters. The Hall–Kier alpha value is -0.246. The molecule has 0 aliphatic rings. The van der Waals surface area contributed by atoms with Crippen molar-refractivity contribution >= 4 is 17.1 Å². The van der Waals surface area contributed by atoms with Gasteiger partial charge in [0.2, 0.25) is 0 Å². The SMILES string of the molecule is C=CC/C(=C\C(C)O[Si](OCC)(OCC)OCC)[Si](CC)(CC)CC. The summed E-state index contributed by atoms with van der Waals surface area (Å²) in [6.45, 7) is 20.3. The first-order valence-corrected chi connectivity index (χ1v) is 14.1. The molecule has 0 N–H and O–H groups in total. The molecule has 0 rings (SSSR count). The molecule has 6 heteroatoms. The average molecular weight is 389 g/mol. The van der Waals surface area contributed by atoms with Gasteiger partial charge in [0.15, 0.2) is 0 Å². The lowest BCUT2D eigenvalue weighted by atomic mass is 10.3. The van der Waals surface area contributed by atoms with Crippen molar-refractivity contribution < 1.29 is 17.7 Å². The van der Waals surface area contributed by atoms with E-state index in [0.717, 1.165) is 6.42 Å². The fourth-order valence-corrected chi connectivity index (χ4v) is 9.42. The molecule has 1 atom stereocenters. The highest BCUT2D eigenvalue weighted by atomic mass is 28.4. The summed E-state index contributed by atoms with van der Waals surface area (Å²) in [7, 11) is -4.55. The topological polar surface area (TPSA) is 36.9 Å². The van der Waals surface area contributed by atoms with Crippen LogP contribution in [0.1, 0.15) is 54.9 Å². The summed E-state index contributed by atoms with van der Waals surface area (Å²) in [4.78, 5) is 0. The van der Waals surface area contributed by atoms with E-state index < -0.39 is 17.1 Å². The Morgan fingerprint density at radius 3 is 1.64 bits per heavy atom. The highest BCUT2D eigenvalue weighted by Gasteiger charge is 2.46. The van der Waals surface area contributed by atoms with Crippen LogP contribution >= 0.6 is 0 Å². The van der Waals surface area contributed by atoms with Crippen molar-refractivity contribution in [1.82, 2.24) is 0 Å². The van der Waals surface area contributed by atoms with Crippen molar-refractivity contribution in [3.8, 4) is 0 Å². The predicted octanol–water partition coefficient (Wildman–Crippen LogP) is 5.49. The summed E-state index contributed by atoms with van der Waals surface area (Å²) >= 11 is 0. The third kappa shape index (κ3) is 7.48. The van der Waals surface area contributed by atoms with Crippen LogP contribution in [0.15, 0.2) is 23.9 Å². The van der Waals surface area contributed by atoms with Gasteiger partial charge in [0, 0.05) is 19.8 Å². The summed E-state index contributed by atoms with van der Waals surface area (Å²) in [6, 6.07) is 3.74. The van der Waals surface area contributed by atoms with Crippen molar-refractivity contribution in [3.63, 3.8) is 0 Å². The summed E-state index contributed by atoms with van der Waals surface area (Å²) in [5.41, 5.74) is 0. The van der Waals surface area contributed by atoms with Gasteiger partial charge in [-0.25, -0.2) is 0 Å². The molecule has 0 saturated carbocycles. The molecule has 0 spiro atoms. The van der Waals surface area contributed by atoms with Crippen molar-refractivity contribution in [2.24, 2.45) is 0 Å². The van der Waals surface area contributed by atoms with Crippen LogP contribution in [-0.2, 0) is 17.7 Å². The molecule has 4 nitrogen and oxygen atoms in total. The first-order chi connectivity index (χ1) is 11.9. The van der Waals surface area contributed by atoms with E-state index in [2.05, 4.69) is 40.3 Å². The maximum Gasteiger partial charge on any atom is 0.680 e. The van der Waals surface area contributed by atoms with Crippen molar-refractivity contribution in [3.05, 3.63) is 23.9 Å². The summed E-state index contributed by atoms with van der Waals surface area (Å²) in [6.07, 6.45) is 5.12. The van der Waals surface area contributed by atoms with Crippen LogP contribution in [0.25, 0.3) is 0 Å². The first-order valence-electron chi connectivity index (χ1n) is 9.84. The lowest BCUT2D eigenvalue weighted by molar-refractivity contribution is -0.0375. The second-order valence-electron chi connectivity index (χ2n) is 6.15. The number of rotatable bonds is 15. The predicted molar refractivity (Wildman–Crippen MR) is 111 cm³/mol. The van der Waals surface area contributed by atoms with Crippen LogP contribution in [-0.4, -0.2) is 43.0 Å². The van der Waals surface area contributed by atoms with Gasteiger partial charge in [-0.3, -0.25) is 0 Å². The molecule has 0 radical (unpaired) electrons. The maximum atomic E-state index is 6.25. The van der Waals surface area contributed by atoms with E-state index in [1.165, 1.54) is 23.3 Å². The number of allylic oxidation sites excluding steroid dienone is 2. The zero-order valence-electron chi connectivity index (χ0n) is 17.5. The lowest BCUT2D eigenvalue weighted by Crippen LogP contribution is -2.51. The zero-order chi connectivity index (χ0) is 19.3. The van der Waals surface area contributed by atoms with Gasteiger partial charge < -0.3 is 17.7 Å². The van der Waals surface area contributed by atoms with E-state index in [9.17, 15) is 0 Å². The Kier molecular flexibility index (Phi) is 12.9. The monoisotopic (exact) mass is 388 g/mol. The Balaban J connectivity index is 5.57. The van der Waals surface area contributed by atoms with Crippen LogP contribution in [0.3, 0.4) is 0 Å². The molecule has 0 fully saturated rings. The van der Waals surface area contributed by atoms with Gasteiger partial charge in [0.1, 0.15) is 0 Å². The Morgan fingerprint density at radius 1 is 0.880 bits per heavy atom. The van der Waals surface area contributed by atoms with Gasteiger partial charge in [-0.1, -0.05) is 56.3 Å². The first kappa shape index (κ1) is 24.8. The van der Waals surface area contributed by atoms with E-state index >= 15 is 0 Å². The standard InChI is InChI=1S/C19H40O4Si2/c1-9-16-19(24(13-5,14-6)15-7)17-18(8)23-25(20-10-2,21-11-3)22-12-4/h9,17-18H,1,10-16H2,2-8H3/b19-17+. The number of hydrogen-bond donors (Lipinski definition) is 0. The minimum Gasteiger partial charge on any atom is -0.351 e. The van der Waals surface area contributed by atoms with Crippen molar-refractivity contribution in [2.75, 3.05) is 19.8 Å². The molecule has 0 aliphatic heterocycles. The van der Waals surface area contributed by atoms with E-state index in [4.69, 9.17) is 17.7 Å². The van der Waals surface area contributed by atoms with Crippen molar-refractivity contribution in [1.29, 1.82) is 0 Å². The Labute approximate surface area is 158 Å². The second kappa shape index (κ2) is 13.0. The van der Waals surface area contributed by atoms with E-state index in [1.807, 2.05) is 26.8 Å². The summed E-state index contributed by atoms with van der Waals surface area (Å²) in [5, 5.41) is 1.52. The molecule has 0 saturated heterocycles. The maximum absolute atomic E-state index is 6.25. The zero-order valence-corrected chi connectivity index (χ0v) is 19.5. The largest absolute Gasteiger partial charge is 0.680 e. The third-order valence-electron chi connectivity index (χ3n) is 4.81. The van der Waals surface area contributed by atoms with Gasteiger partial charge in [0.25, 0.3) is 0 Å². The highest BCUT2D eigenvalue weighted by molar-refractivity contribution is 6.86. The van der Waals surface area contributed by atoms with Gasteiger partial charge in [-0.2, -0.15) is 0 Å². The molecule has 0 aromatic heterocycles. The van der Waals surface area contributed by atoms with E-state index in [0.29, 0.717) is 19.8 Å². The minimum atomic E-state index is -3.09. The van der Waals surface area contributed by atoms with Crippen LogP contribution in [0.5, 0.6) is 0 Å². The third-order valence-corrected chi connectivity index (χ3v) is 13.2. The Morgan fingerprint density at radius 2 is 1.32 bits per heavy atom. The summed E-state index contributed by atoms with van der Waals surface area (Å²) in [5.74, 6) is 0. The van der Waals surface area contributed by atoms with Crippen LogP contribution in [0, 0.1) is 0 Å². The molecule has 25 heavy (non-hydrogen) atoms. The average Bonchev–Trinajstić information content (AvgIpc) is 2.57. The number of hydrogen-bond acceptors (Lipinski definition) is 4. The fraction of sp³-hybridized carbons (Fsp3) is 0.789. The van der Waals surface area contributed by atoms with Gasteiger partial charge in [-0.15, -0.1) is 6.58 Å². The van der Waals surface area contributed by atoms with E-state index in [-0.39, 0.29) is 6.10 Å². The molecule has 0 heterocycles. The molecule has 0 aliphatic carbocycles. The molecule has 0 amide bonds. The van der Waals surface area contributed by atoms with Gasteiger partial charge in [-0.05, 0) is 34.1 Å². The van der Waals surface area contributed by atoms with Crippen LogP contribution < -0.4 is 0 Å². The molecular formula is C19H40O4Si2. The molecule has 0 aromatic carbocycles. The molecule has 0 aromatic rings. The van der Waals surface area contributed by atoms with Gasteiger partial charge >= 0.3 is 9.05 Å². The van der Waals surface area contributed by atoms with Crippen molar-refractivity contribution in [2.45, 2.75) is 79.1 Å². The minimum absolute atomic E-state index is 0.109. The summed E-state index contributed by atoms with van der Waals surface area (Å²) < 4.78 is 23.7. The molecule has 0 bridgehead atoms. The lowest BCUT2D eigenvalue weighted by Gasteiger charge is -2.33. The van der Waals surface area contributed by atoms with E-state index in [1.54, 1.807) is 0 Å². The molecular weight excluding hydrogens is 348 g/mol. The fourth-order valence-electron chi connectivity index (χ4n) is 3.35.